The molecule has 3 nitrogen and oxygen atoms in total. The average molecular weight is 221 g/mol. The van der Waals surface area contributed by atoms with Gasteiger partial charge in [-0.1, -0.05) is 0 Å². The first-order valence-electron chi connectivity index (χ1n) is 5.78. The van der Waals surface area contributed by atoms with E-state index in [-0.39, 0.29) is 6.04 Å². The Bertz CT molecular complexity index is 363. The van der Waals surface area contributed by atoms with Crippen molar-refractivity contribution in [1.29, 1.82) is 0 Å². The van der Waals surface area contributed by atoms with Gasteiger partial charge in [0.05, 0.1) is 13.7 Å². The van der Waals surface area contributed by atoms with Gasteiger partial charge in [0.1, 0.15) is 11.5 Å². The second-order valence-corrected chi connectivity index (χ2v) is 4.36. The van der Waals surface area contributed by atoms with Crippen LogP contribution in [0.5, 0.6) is 11.5 Å². The molecule has 0 saturated heterocycles. The molecule has 0 saturated carbocycles. The topological polar surface area (TPSA) is 44.5 Å². The highest BCUT2D eigenvalue weighted by atomic mass is 16.5. The van der Waals surface area contributed by atoms with Crippen molar-refractivity contribution in [3.05, 3.63) is 23.8 Å². The molecular formula is C13H19NO2. The zero-order valence-electron chi connectivity index (χ0n) is 9.90. The summed E-state index contributed by atoms with van der Waals surface area (Å²) in [4.78, 5) is 0. The van der Waals surface area contributed by atoms with Crippen molar-refractivity contribution in [3.63, 3.8) is 0 Å². The molecule has 0 amide bonds. The molecule has 1 aliphatic rings. The maximum Gasteiger partial charge on any atom is 0.123 e. The maximum atomic E-state index is 6.05. The van der Waals surface area contributed by atoms with E-state index < -0.39 is 0 Å². The molecule has 1 aromatic carbocycles. The molecule has 1 heterocycles. The number of fused-ring (bicyclic) bond motifs is 1. The number of methoxy groups -OCH3 is 1. The first-order valence-corrected chi connectivity index (χ1v) is 5.78. The third-order valence-electron chi connectivity index (χ3n) is 3.17. The minimum absolute atomic E-state index is 0.146. The van der Waals surface area contributed by atoms with Crippen molar-refractivity contribution in [3.8, 4) is 11.5 Å². The van der Waals surface area contributed by atoms with Gasteiger partial charge in [-0.25, -0.2) is 0 Å². The average Bonchev–Trinajstić information content (AvgIpc) is 2.49. The zero-order chi connectivity index (χ0) is 11.5. The Hall–Kier alpha value is -1.22. The summed E-state index contributed by atoms with van der Waals surface area (Å²) in [6.45, 7) is 2.84. The first kappa shape index (κ1) is 11.3. The summed E-state index contributed by atoms with van der Waals surface area (Å²) < 4.78 is 11.0. The SMILES string of the molecule is COc1ccc2c(c1)C(C(C)N)CCCO2. The molecule has 1 aromatic rings. The normalized spacial score (nSPS) is 21.6. The number of benzene rings is 1. The van der Waals surface area contributed by atoms with Crippen LogP contribution < -0.4 is 15.2 Å². The van der Waals surface area contributed by atoms with E-state index in [0.29, 0.717) is 5.92 Å². The van der Waals surface area contributed by atoms with E-state index in [4.69, 9.17) is 15.2 Å². The Morgan fingerprint density at radius 1 is 1.50 bits per heavy atom. The van der Waals surface area contributed by atoms with Gasteiger partial charge in [-0.3, -0.25) is 0 Å². The van der Waals surface area contributed by atoms with Crippen molar-refractivity contribution in [2.24, 2.45) is 5.73 Å². The standard InChI is InChI=1S/C13H19NO2/c1-9(14)11-4-3-7-16-13-6-5-10(15-2)8-12(11)13/h5-6,8-9,11H,3-4,7,14H2,1-2H3. The molecule has 0 bridgehead atoms. The third-order valence-corrected chi connectivity index (χ3v) is 3.17. The lowest BCUT2D eigenvalue weighted by Gasteiger charge is -2.20. The molecule has 2 atom stereocenters. The Labute approximate surface area is 96.5 Å². The van der Waals surface area contributed by atoms with E-state index in [2.05, 4.69) is 13.0 Å². The van der Waals surface area contributed by atoms with Crippen LogP contribution in [-0.4, -0.2) is 19.8 Å². The minimum atomic E-state index is 0.146. The summed E-state index contributed by atoms with van der Waals surface area (Å²) in [5.74, 6) is 2.20. The van der Waals surface area contributed by atoms with Gasteiger partial charge < -0.3 is 15.2 Å². The molecule has 88 valence electrons. The Kier molecular flexibility index (Phi) is 3.34. The van der Waals surface area contributed by atoms with Crippen LogP contribution >= 0.6 is 0 Å². The molecule has 0 aliphatic carbocycles. The summed E-state index contributed by atoms with van der Waals surface area (Å²) in [7, 11) is 1.68. The summed E-state index contributed by atoms with van der Waals surface area (Å²) >= 11 is 0. The van der Waals surface area contributed by atoms with Crippen molar-refractivity contribution >= 4 is 0 Å². The number of nitrogens with two attached hydrogens (primary N) is 1. The lowest BCUT2D eigenvalue weighted by Crippen LogP contribution is -2.24. The second-order valence-electron chi connectivity index (χ2n) is 4.36. The summed E-state index contributed by atoms with van der Waals surface area (Å²) in [5, 5.41) is 0. The molecule has 0 fully saturated rings. The molecule has 0 radical (unpaired) electrons. The summed E-state index contributed by atoms with van der Waals surface area (Å²) in [6.07, 6.45) is 2.14. The van der Waals surface area contributed by atoms with E-state index in [9.17, 15) is 0 Å². The van der Waals surface area contributed by atoms with Gasteiger partial charge in [0.25, 0.3) is 0 Å². The molecule has 1 aliphatic heterocycles. The van der Waals surface area contributed by atoms with Crippen LogP contribution in [-0.2, 0) is 0 Å². The van der Waals surface area contributed by atoms with E-state index in [1.54, 1.807) is 7.11 Å². The summed E-state index contributed by atoms with van der Waals surface area (Å²) in [6, 6.07) is 6.11. The van der Waals surface area contributed by atoms with Crippen LogP contribution in [0.4, 0.5) is 0 Å². The fraction of sp³-hybridized carbons (Fsp3) is 0.538. The number of rotatable bonds is 2. The monoisotopic (exact) mass is 221 g/mol. The molecule has 2 unspecified atom stereocenters. The lowest BCUT2D eigenvalue weighted by atomic mass is 9.88. The van der Waals surface area contributed by atoms with Gasteiger partial charge in [-0.2, -0.15) is 0 Å². The largest absolute Gasteiger partial charge is 0.497 e. The van der Waals surface area contributed by atoms with Crippen LogP contribution in [0.2, 0.25) is 0 Å². The van der Waals surface area contributed by atoms with Gasteiger partial charge in [-0.15, -0.1) is 0 Å². The predicted molar refractivity (Wildman–Crippen MR) is 64.1 cm³/mol. The highest BCUT2D eigenvalue weighted by Crippen LogP contribution is 2.36. The number of hydrogen-bond donors (Lipinski definition) is 1. The molecule has 2 N–H and O–H groups in total. The molecule has 2 rings (SSSR count). The van der Waals surface area contributed by atoms with E-state index in [1.807, 2.05) is 12.1 Å². The Balaban J connectivity index is 2.41. The van der Waals surface area contributed by atoms with Crippen molar-refractivity contribution in [2.45, 2.75) is 31.7 Å². The summed E-state index contributed by atoms with van der Waals surface area (Å²) in [5.41, 5.74) is 7.23. The molecule has 0 spiro atoms. The van der Waals surface area contributed by atoms with Crippen molar-refractivity contribution < 1.29 is 9.47 Å². The smallest absolute Gasteiger partial charge is 0.123 e. The molecule has 16 heavy (non-hydrogen) atoms. The van der Waals surface area contributed by atoms with Crippen LogP contribution in [0, 0.1) is 0 Å². The first-order chi connectivity index (χ1) is 7.72. The Morgan fingerprint density at radius 3 is 3.00 bits per heavy atom. The fourth-order valence-electron chi connectivity index (χ4n) is 2.26. The fourth-order valence-corrected chi connectivity index (χ4v) is 2.26. The van der Waals surface area contributed by atoms with Crippen LogP contribution in [0.15, 0.2) is 18.2 Å². The predicted octanol–water partition coefficient (Wildman–Crippen LogP) is 2.30. The zero-order valence-corrected chi connectivity index (χ0v) is 9.90. The minimum Gasteiger partial charge on any atom is -0.497 e. The van der Waals surface area contributed by atoms with E-state index >= 15 is 0 Å². The van der Waals surface area contributed by atoms with Gasteiger partial charge in [0, 0.05) is 17.5 Å². The number of ether oxygens (including phenoxy) is 2. The second kappa shape index (κ2) is 4.74. The van der Waals surface area contributed by atoms with Crippen molar-refractivity contribution in [1.82, 2.24) is 0 Å². The van der Waals surface area contributed by atoms with Gasteiger partial charge in [0.2, 0.25) is 0 Å². The maximum absolute atomic E-state index is 6.05. The lowest BCUT2D eigenvalue weighted by molar-refractivity contribution is 0.315. The van der Waals surface area contributed by atoms with Gasteiger partial charge >= 0.3 is 0 Å². The Morgan fingerprint density at radius 2 is 2.31 bits per heavy atom. The van der Waals surface area contributed by atoms with Crippen LogP contribution in [0.25, 0.3) is 0 Å². The van der Waals surface area contributed by atoms with Crippen LogP contribution in [0.1, 0.15) is 31.2 Å². The number of hydrogen-bond acceptors (Lipinski definition) is 3. The molecule has 3 heteroatoms. The quantitative estimate of drug-likeness (QED) is 0.833. The van der Waals surface area contributed by atoms with Crippen molar-refractivity contribution in [2.75, 3.05) is 13.7 Å². The highest BCUT2D eigenvalue weighted by molar-refractivity contribution is 5.43. The highest BCUT2D eigenvalue weighted by Gasteiger charge is 2.23. The van der Waals surface area contributed by atoms with Gasteiger partial charge in [-0.05, 0) is 38.0 Å². The third kappa shape index (κ3) is 2.14. The van der Waals surface area contributed by atoms with E-state index in [1.165, 1.54) is 5.56 Å². The van der Waals surface area contributed by atoms with Crippen LogP contribution in [0.3, 0.4) is 0 Å². The molecular weight excluding hydrogens is 202 g/mol. The van der Waals surface area contributed by atoms with E-state index in [0.717, 1.165) is 30.9 Å². The molecule has 0 aromatic heterocycles. The van der Waals surface area contributed by atoms with Gasteiger partial charge in [0.15, 0.2) is 0 Å².